The third kappa shape index (κ3) is 20.3. The van der Waals surface area contributed by atoms with Crippen LogP contribution in [-0.2, 0) is 27.4 Å². The van der Waals surface area contributed by atoms with Crippen LogP contribution in [0.3, 0.4) is 0 Å². The van der Waals surface area contributed by atoms with Gasteiger partial charge in [0.25, 0.3) is 0 Å². The highest BCUT2D eigenvalue weighted by Gasteiger charge is 2.11. The lowest BCUT2D eigenvalue weighted by atomic mass is 10.0. The molecule has 2 rings (SSSR count). The Morgan fingerprint density at radius 3 is 1.53 bits per heavy atom. The Kier molecular flexibility index (Phi) is 22.4. The number of amides is 2. The highest BCUT2D eigenvalue weighted by molar-refractivity contribution is 5.67. The van der Waals surface area contributed by atoms with E-state index < -0.39 is 12.2 Å². The summed E-state index contributed by atoms with van der Waals surface area (Å²) in [4.78, 5) is 26.6. The summed E-state index contributed by atoms with van der Waals surface area (Å²) in [7, 11) is 0. The summed E-state index contributed by atoms with van der Waals surface area (Å²) in [6.45, 7) is 8.14. The minimum absolute atomic E-state index is 0.135. The molecule has 1 aromatic carbocycles. The van der Waals surface area contributed by atoms with E-state index in [-0.39, 0.29) is 13.2 Å². The number of alkyl carbamates (subject to hydrolysis) is 2. The van der Waals surface area contributed by atoms with Gasteiger partial charge in [-0.2, -0.15) is 0 Å². The number of carbonyl (C=O) groups is 2. The lowest BCUT2D eigenvalue weighted by molar-refractivity contribution is 0.0374. The van der Waals surface area contributed by atoms with Crippen LogP contribution in [-0.4, -0.2) is 63.0 Å². The van der Waals surface area contributed by atoms with Gasteiger partial charge >= 0.3 is 12.2 Å². The molecule has 0 atom stereocenters. The zero-order valence-corrected chi connectivity index (χ0v) is 27.2. The highest BCUT2D eigenvalue weighted by Crippen LogP contribution is 2.14. The van der Waals surface area contributed by atoms with Crippen molar-refractivity contribution in [1.82, 2.24) is 15.5 Å². The third-order valence-electron chi connectivity index (χ3n) is 8.16. The average molecular weight is 604 g/mol. The van der Waals surface area contributed by atoms with E-state index in [4.69, 9.17) is 14.2 Å². The maximum absolute atomic E-state index is 12.2. The second-order valence-electron chi connectivity index (χ2n) is 11.9. The minimum atomic E-state index is -0.436. The maximum atomic E-state index is 12.2. The fourth-order valence-electron chi connectivity index (χ4n) is 5.41. The molecule has 1 aliphatic heterocycles. The van der Waals surface area contributed by atoms with Gasteiger partial charge in [-0.1, -0.05) is 128 Å². The lowest BCUT2D eigenvalue weighted by Gasteiger charge is -2.26. The fraction of sp³-hybridized carbons (Fsp3) is 0.771. The van der Waals surface area contributed by atoms with E-state index in [1.807, 2.05) is 24.3 Å². The molecule has 1 saturated heterocycles. The minimum Gasteiger partial charge on any atom is -0.445 e. The third-order valence-corrected chi connectivity index (χ3v) is 8.16. The van der Waals surface area contributed by atoms with Gasteiger partial charge in [0.15, 0.2) is 0 Å². The Morgan fingerprint density at radius 2 is 1.07 bits per heavy atom. The number of unbranched alkanes of at least 4 members (excludes halogenated alkanes) is 15. The van der Waals surface area contributed by atoms with Crippen molar-refractivity contribution in [2.75, 3.05) is 45.9 Å². The molecule has 8 nitrogen and oxygen atoms in total. The normalized spacial score (nSPS) is 13.5. The van der Waals surface area contributed by atoms with Crippen LogP contribution in [0.1, 0.15) is 127 Å². The van der Waals surface area contributed by atoms with Crippen molar-refractivity contribution in [3.63, 3.8) is 0 Å². The molecule has 1 aromatic rings. The number of carbonyl (C=O) groups excluding carboxylic acids is 2. The molecule has 43 heavy (non-hydrogen) atoms. The van der Waals surface area contributed by atoms with Gasteiger partial charge in [-0.05, 0) is 30.5 Å². The number of ether oxygens (including phenoxy) is 3. The smallest absolute Gasteiger partial charge is 0.407 e. The Balaban J connectivity index is 1.41. The molecule has 2 amide bonds. The molecule has 0 aliphatic carbocycles. The van der Waals surface area contributed by atoms with Crippen molar-refractivity contribution >= 4 is 12.2 Å². The van der Waals surface area contributed by atoms with Crippen molar-refractivity contribution in [2.24, 2.45) is 0 Å². The van der Waals surface area contributed by atoms with Crippen molar-refractivity contribution in [2.45, 2.75) is 129 Å². The Labute approximate surface area is 262 Å². The first-order valence-electron chi connectivity index (χ1n) is 17.4. The van der Waals surface area contributed by atoms with E-state index in [9.17, 15) is 9.59 Å². The SMILES string of the molecule is CCCCCCCCCCCCCCCCCCNC(=O)OCc1ccccc1COC(=O)NCCCN1CCOCC1. The van der Waals surface area contributed by atoms with E-state index in [0.717, 1.165) is 63.2 Å². The quantitative estimate of drug-likeness (QED) is 0.110. The zero-order chi connectivity index (χ0) is 30.6. The molecule has 8 heteroatoms. The summed E-state index contributed by atoms with van der Waals surface area (Å²) < 4.78 is 16.2. The largest absolute Gasteiger partial charge is 0.445 e. The van der Waals surface area contributed by atoms with Crippen molar-refractivity contribution in [1.29, 1.82) is 0 Å². The van der Waals surface area contributed by atoms with E-state index in [1.165, 1.54) is 89.9 Å². The number of hydrogen-bond donors (Lipinski definition) is 2. The summed E-state index contributed by atoms with van der Waals surface area (Å²) >= 11 is 0. The predicted octanol–water partition coefficient (Wildman–Crippen LogP) is 8.12. The van der Waals surface area contributed by atoms with Gasteiger partial charge in [-0.15, -0.1) is 0 Å². The van der Waals surface area contributed by atoms with Crippen LogP contribution < -0.4 is 10.6 Å². The number of benzene rings is 1. The number of morpholine rings is 1. The van der Waals surface area contributed by atoms with Gasteiger partial charge < -0.3 is 24.8 Å². The van der Waals surface area contributed by atoms with Crippen LogP contribution in [0.2, 0.25) is 0 Å². The van der Waals surface area contributed by atoms with Crippen molar-refractivity contribution in [3.8, 4) is 0 Å². The average Bonchev–Trinajstić information content (AvgIpc) is 3.03. The van der Waals surface area contributed by atoms with Gasteiger partial charge in [0, 0.05) is 26.2 Å². The summed E-state index contributed by atoms with van der Waals surface area (Å²) in [6.07, 6.45) is 21.3. The fourth-order valence-corrected chi connectivity index (χ4v) is 5.41. The summed E-state index contributed by atoms with van der Waals surface area (Å²) in [6, 6.07) is 7.56. The van der Waals surface area contributed by atoms with E-state index in [1.54, 1.807) is 0 Å². The molecule has 1 fully saturated rings. The summed E-state index contributed by atoms with van der Waals surface area (Å²) in [5, 5.41) is 5.67. The lowest BCUT2D eigenvalue weighted by Crippen LogP contribution is -2.38. The van der Waals surface area contributed by atoms with E-state index in [0.29, 0.717) is 13.1 Å². The summed E-state index contributed by atoms with van der Waals surface area (Å²) in [5.74, 6) is 0. The second-order valence-corrected chi connectivity index (χ2v) is 11.9. The van der Waals surface area contributed by atoms with Gasteiger partial charge in [0.1, 0.15) is 13.2 Å². The molecule has 0 saturated carbocycles. The molecule has 1 aliphatic rings. The second kappa shape index (κ2) is 26.1. The van der Waals surface area contributed by atoms with Crippen molar-refractivity contribution in [3.05, 3.63) is 35.4 Å². The molecule has 0 aromatic heterocycles. The van der Waals surface area contributed by atoms with Crippen LogP contribution in [0, 0.1) is 0 Å². The Bertz CT molecular complexity index is 831. The first-order valence-corrected chi connectivity index (χ1v) is 17.4. The number of hydrogen-bond acceptors (Lipinski definition) is 6. The molecule has 1 heterocycles. The zero-order valence-electron chi connectivity index (χ0n) is 27.2. The van der Waals surface area contributed by atoms with Crippen LogP contribution >= 0.6 is 0 Å². The molecule has 0 radical (unpaired) electrons. The molecular formula is C35H61N3O5. The highest BCUT2D eigenvalue weighted by atomic mass is 16.6. The monoisotopic (exact) mass is 603 g/mol. The van der Waals surface area contributed by atoms with Crippen LogP contribution in [0.25, 0.3) is 0 Å². The van der Waals surface area contributed by atoms with Crippen LogP contribution in [0.4, 0.5) is 9.59 Å². The summed E-state index contributed by atoms with van der Waals surface area (Å²) in [5.41, 5.74) is 1.66. The van der Waals surface area contributed by atoms with Gasteiger partial charge in [0.2, 0.25) is 0 Å². The molecule has 246 valence electrons. The van der Waals surface area contributed by atoms with Gasteiger partial charge in [0.05, 0.1) is 13.2 Å². The van der Waals surface area contributed by atoms with Crippen LogP contribution in [0.15, 0.2) is 24.3 Å². The molecule has 0 bridgehead atoms. The maximum Gasteiger partial charge on any atom is 0.407 e. The Hall–Kier alpha value is -2.32. The number of rotatable bonds is 25. The Morgan fingerprint density at radius 1 is 0.651 bits per heavy atom. The number of nitrogens with one attached hydrogen (secondary N) is 2. The molecule has 0 unspecified atom stereocenters. The first-order chi connectivity index (χ1) is 21.2. The van der Waals surface area contributed by atoms with Crippen LogP contribution in [0.5, 0.6) is 0 Å². The van der Waals surface area contributed by atoms with Crippen molar-refractivity contribution < 1.29 is 23.8 Å². The molecular weight excluding hydrogens is 542 g/mol. The standard InChI is InChI=1S/C35H61N3O5/c1-2-3-4-5-6-7-8-9-10-11-12-13-14-15-16-19-23-36-34(39)42-30-32-21-17-18-22-33(32)31-43-35(40)37-24-20-25-38-26-28-41-29-27-38/h17-18,21-22H,2-16,19-20,23-31H2,1H3,(H,36,39)(H,37,40). The topological polar surface area (TPSA) is 89.1 Å². The number of nitrogens with zero attached hydrogens (tertiary/aromatic N) is 1. The molecule has 2 N–H and O–H groups in total. The predicted molar refractivity (Wildman–Crippen MR) is 174 cm³/mol. The first kappa shape index (κ1) is 36.9. The van der Waals surface area contributed by atoms with Gasteiger partial charge in [-0.3, -0.25) is 4.90 Å². The van der Waals surface area contributed by atoms with E-state index >= 15 is 0 Å². The van der Waals surface area contributed by atoms with E-state index in [2.05, 4.69) is 22.5 Å². The van der Waals surface area contributed by atoms with Gasteiger partial charge in [-0.25, -0.2) is 9.59 Å². The molecule has 0 spiro atoms.